The molecule has 0 radical (unpaired) electrons. The van der Waals surface area contributed by atoms with Crippen LogP contribution in [-0.4, -0.2) is 48.4 Å². The number of likely N-dealkylation sites (tertiary alicyclic amines) is 1. The van der Waals surface area contributed by atoms with Crippen molar-refractivity contribution >= 4 is 40.6 Å². The third-order valence-corrected chi connectivity index (χ3v) is 8.03. The Morgan fingerprint density at radius 3 is 2.17 bits per heavy atom. The first-order valence-electron chi connectivity index (χ1n) is 14.2. The molecule has 220 valence electrons. The van der Waals surface area contributed by atoms with E-state index in [-0.39, 0.29) is 29.4 Å². The van der Waals surface area contributed by atoms with Crippen molar-refractivity contribution in [1.29, 1.82) is 0 Å². The summed E-state index contributed by atoms with van der Waals surface area (Å²) in [4.78, 5) is 46.7. The number of para-hydroxylation sites is 1. The van der Waals surface area contributed by atoms with Gasteiger partial charge in [0.1, 0.15) is 0 Å². The standard InChI is InChI=1S/C32H33F3N4O3/c1-3-36-20-8-11-24(36)17-19-29(40)22-12-15-26(16-13-22)39-30(41)37(4-2)27-18-14-23(32(33,34)35)21-28(27)38(31(39)42)25-9-6-5-7-10-25/h5-7,9-10,12-16,18,21,24H,3-4,8,11,17,19-20H2,1-2H3/t24-/m0/s1. The van der Waals surface area contributed by atoms with Crippen LogP contribution in [0.5, 0.6) is 0 Å². The molecule has 1 saturated heterocycles. The first-order valence-corrected chi connectivity index (χ1v) is 14.2. The zero-order valence-corrected chi connectivity index (χ0v) is 23.6. The van der Waals surface area contributed by atoms with Crippen LogP contribution in [0.2, 0.25) is 0 Å². The fraction of sp³-hybridized carbons (Fsp3) is 0.344. The van der Waals surface area contributed by atoms with E-state index in [1.165, 1.54) is 23.1 Å². The summed E-state index contributed by atoms with van der Waals surface area (Å²) in [5.74, 6) is -0.0220. The van der Waals surface area contributed by atoms with Crippen molar-refractivity contribution in [3.05, 3.63) is 83.9 Å². The molecule has 0 unspecified atom stereocenters. The Hall–Kier alpha value is -4.18. The van der Waals surface area contributed by atoms with Crippen molar-refractivity contribution in [3.8, 4) is 0 Å². The Morgan fingerprint density at radius 2 is 1.52 bits per heavy atom. The van der Waals surface area contributed by atoms with Gasteiger partial charge in [0.2, 0.25) is 0 Å². The summed E-state index contributed by atoms with van der Waals surface area (Å²) in [5, 5.41) is 0. The molecule has 0 aliphatic carbocycles. The number of rotatable bonds is 8. The van der Waals surface area contributed by atoms with Crippen molar-refractivity contribution < 1.29 is 27.6 Å². The van der Waals surface area contributed by atoms with E-state index in [4.69, 9.17) is 0 Å². The number of hydrogen-bond donors (Lipinski definition) is 0. The highest BCUT2D eigenvalue weighted by atomic mass is 19.4. The number of anilines is 4. The predicted molar refractivity (Wildman–Crippen MR) is 157 cm³/mol. The van der Waals surface area contributed by atoms with E-state index < -0.39 is 23.8 Å². The van der Waals surface area contributed by atoms with Crippen LogP contribution >= 0.6 is 0 Å². The molecule has 1 atom stereocenters. The van der Waals surface area contributed by atoms with Crippen LogP contribution in [0.3, 0.4) is 0 Å². The van der Waals surface area contributed by atoms with Gasteiger partial charge in [-0.25, -0.2) is 14.5 Å². The molecule has 0 bridgehead atoms. The third-order valence-electron chi connectivity index (χ3n) is 8.03. The molecule has 7 nitrogen and oxygen atoms in total. The van der Waals surface area contributed by atoms with Crippen molar-refractivity contribution in [2.45, 2.75) is 51.7 Å². The molecule has 0 N–H and O–H groups in total. The van der Waals surface area contributed by atoms with Crippen LogP contribution in [0.15, 0.2) is 72.8 Å². The second-order valence-electron chi connectivity index (χ2n) is 10.5. The predicted octanol–water partition coefficient (Wildman–Crippen LogP) is 7.88. The molecule has 2 heterocycles. The molecule has 0 aromatic heterocycles. The van der Waals surface area contributed by atoms with Gasteiger partial charge in [0.15, 0.2) is 5.78 Å². The van der Waals surface area contributed by atoms with Crippen LogP contribution in [0.25, 0.3) is 0 Å². The average molecular weight is 579 g/mol. The van der Waals surface area contributed by atoms with E-state index in [2.05, 4.69) is 11.8 Å². The number of carbonyl (C=O) groups excluding carboxylic acids is 3. The Balaban J connectivity index is 1.49. The van der Waals surface area contributed by atoms with Crippen molar-refractivity contribution in [1.82, 2.24) is 4.90 Å². The van der Waals surface area contributed by atoms with E-state index in [9.17, 15) is 27.6 Å². The number of hydrogen-bond acceptors (Lipinski definition) is 4. The summed E-state index contributed by atoms with van der Waals surface area (Å²) in [6.07, 6.45) is -1.27. The zero-order chi connectivity index (χ0) is 30.0. The second kappa shape index (κ2) is 12.0. The summed E-state index contributed by atoms with van der Waals surface area (Å²) >= 11 is 0. The number of carbonyl (C=O) groups is 3. The molecular weight excluding hydrogens is 545 g/mol. The molecule has 5 rings (SSSR count). The highest BCUT2D eigenvalue weighted by molar-refractivity contribution is 6.28. The quantitative estimate of drug-likeness (QED) is 0.255. The molecule has 10 heteroatoms. The second-order valence-corrected chi connectivity index (χ2v) is 10.5. The lowest BCUT2D eigenvalue weighted by Gasteiger charge is -2.27. The van der Waals surface area contributed by atoms with Crippen molar-refractivity contribution in [2.75, 3.05) is 34.3 Å². The topological polar surface area (TPSA) is 64.2 Å². The van der Waals surface area contributed by atoms with E-state index in [1.54, 1.807) is 49.4 Å². The van der Waals surface area contributed by atoms with Crippen LogP contribution < -0.4 is 14.7 Å². The smallest absolute Gasteiger partial charge is 0.301 e. The lowest BCUT2D eigenvalue weighted by Crippen LogP contribution is -2.48. The number of alkyl halides is 3. The number of benzene rings is 3. The van der Waals surface area contributed by atoms with Crippen LogP contribution in [0.4, 0.5) is 45.5 Å². The molecule has 0 saturated carbocycles. The molecule has 3 aromatic rings. The number of halogens is 3. The maximum atomic E-state index is 14.1. The third kappa shape index (κ3) is 5.63. The SMILES string of the molecule is CCN1C(=O)N(c2ccc(C(=O)CC[C@@H]3CCCN3CC)cc2)C(=O)N(c2ccccc2)c2cc(C(F)(F)F)ccc21. The Bertz CT molecular complexity index is 1460. The van der Waals surface area contributed by atoms with Crippen LogP contribution in [-0.2, 0) is 6.18 Å². The maximum absolute atomic E-state index is 14.1. The van der Waals surface area contributed by atoms with Gasteiger partial charge in [0.05, 0.1) is 28.3 Å². The molecule has 1 fully saturated rings. The fourth-order valence-electron chi connectivity index (χ4n) is 5.85. The summed E-state index contributed by atoms with van der Waals surface area (Å²) in [6.45, 7) is 5.93. The van der Waals surface area contributed by atoms with Gasteiger partial charge >= 0.3 is 18.2 Å². The molecule has 2 aliphatic rings. The summed E-state index contributed by atoms with van der Waals surface area (Å²) in [5.41, 5.74) is 0.166. The lowest BCUT2D eigenvalue weighted by molar-refractivity contribution is -0.137. The number of nitrogens with zero attached hydrogens (tertiary/aromatic N) is 4. The summed E-state index contributed by atoms with van der Waals surface area (Å²) in [6, 6.07) is 16.4. The summed E-state index contributed by atoms with van der Waals surface area (Å²) < 4.78 is 41.2. The molecule has 0 spiro atoms. The van der Waals surface area contributed by atoms with Crippen molar-refractivity contribution in [2.24, 2.45) is 0 Å². The monoisotopic (exact) mass is 578 g/mol. The Morgan fingerprint density at radius 1 is 0.833 bits per heavy atom. The number of Topliss-reactive ketones (excluding diaryl/α,β-unsaturated/α-hetero) is 1. The van der Waals surface area contributed by atoms with Crippen LogP contribution in [0, 0.1) is 0 Å². The summed E-state index contributed by atoms with van der Waals surface area (Å²) in [7, 11) is 0. The van der Waals surface area contributed by atoms with Crippen LogP contribution in [0.1, 0.15) is 55.5 Å². The largest absolute Gasteiger partial charge is 0.416 e. The van der Waals surface area contributed by atoms with Gasteiger partial charge in [-0.3, -0.25) is 14.6 Å². The van der Waals surface area contributed by atoms with E-state index in [0.29, 0.717) is 23.7 Å². The Kier molecular flexibility index (Phi) is 8.36. The Labute approximate surface area is 243 Å². The maximum Gasteiger partial charge on any atom is 0.416 e. The number of amides is 4. The normalized spacial score (nSPS) is 17.9. The minimum atomic E-state index is -4.65. The number of urea groups is 2. The van der Waals surface area contributed by atoms with Gasteiger partial charge < -0.3 is 4.90 Å². The minimum Gasteiger partial charge on any atom is -0.301 e. The molecule has 42 heavy (non-hydrogen) atoms. The molecule has 3 aromatic carbocycles. The van der Waals surface area contributed by atoms with Gasteiger partial charge in [-0.15, -0.1) is 0 Å². The molecule has 2 aliphatic heterocycles. The molecule has 4 amide bonds. The molecular formula is C32H33F3N4O3. The van der Waals surface area contributed by atoms with Gasteiger partial charge in [-0.1, -0.05) is 25.1 Å². The minimum absolute atomic E-state index is 0.0220. The van der Waals surface area contributed by atoms with E-state index >= 15 is 0 Å². The number of fused-ring (bicyclic) bond motifs is 1. The van der Waals surface area contributed by atoms with Gasteiger partial charge in [-0.2, -0.15) is 13.2 Å². The van der Waals surface area contributed by atoms with Crippen molar-refractivity contribution in [3.63, 3.8) is 0 Å². The van der Waals surface area contributed by atoms with Gasteiger partial charge in [0, 0.05) is 24.6 Å². The average Bonchev–Trinajstić information content (AvgIpc) is 3.42. The number of ketones is 1. The first-order chi connectivity index (χ1) is 20.1. The number of imide groups is 1. The fourth-order valence-corrected chi connectivity index (χ4v) is 5.85. The van der Waals surface area contributed by atoms with E-state index in [1.807, 2.05) is 0 Å². The highest BCUT2D eigenvalue weighted by Crippen LogP contribution is 2.43. The highest BCUT2D eigenvalue weighted by Gasteiger charge is 2.41. The van der Waals surface area contributed by atoms with Gasteiger partial charge in [-0.05, 0) is 93.9 Å². The zero-order valence-electron chi connectivity index (χ0n) is 23.6. The first kappa shape index (κ1) is 29.3. The van der Waals surface area contributed by atoms with E-state index in [0.717, 1.165) is 54.3 Å². The lowest BCUT2D eigenvalue weighted by atomic mass is 10.0. The van der Waals surface area contributed by atoms with Gasteiger partial charge in [0.25, 0.3) is 0 Å².